The number of hydrogen-bond acceptors (Lipinski definition) is 4. The lowest BCUT2D eigenvalue weighted by molar-refractivity contribution is -0.125. The van der Waals surface area contributed by atoms with Crippen molar-refractivity contribution in [2.75, 3.05) is 11.9 Å². The number of aromatic carboxylic acids is 1. The van der Waals surface area contributed by atoms with Crippen LogP contribution in [0.2, 0.25) is 0 Å². The van der Waals surface area contributed by atoms with Crippen LogP contribution < -0.4 is 10.6 Å². The van der Waals surface area contributed by atoms with Crippen molar-refractivity contribution in [2.45, 2.75) is 38.5 Å². The van der Waals surface area contributed by atoms with Crippen molar-refractivity contribution in [3.63, 3.8) is 0 Å². The second-order valence-corrected chi connectivity index (χ2v) is 7.00. The summed E-state index contributed by atoms with van der Waals surface area (Å²) in [6.45, 7) is -0.112. The smallest absolute Gasteiger partial charge is 0.356 e. The molecule has 0 spiro atoms. The van der Waals surface area contributed by atoms with Gasteiger partial charge in [0.1, 0.15) is 0 Å². The molecule has 1 aromatic heterocycles. The lowest BCUT2D eigenvalue weighted by Gasteiger charge is -2.20. The second-order valence-electron chi connectivity index (χ2n) is 7.00. The summed E-state index contributed by atoms with van der Waals surface area (Å²) in [6.07, 6.45) is 7.72. The summed E-state index contributed by atoms with van der Waals surface area (Å²) in [7, 11) is 0. The van der Waals surface area contributed by atoms with Crippen LogP contribution in [0.1, 0.15) is 49.0 Å². The van der Waals surface area contributed by atoms with Crippen molar-refractivity contribution < 1.29 is 19.5 Å². The molecule has 148 valence electrons. The maximum Gasteiger partial charge on any atom is 0.356 e. The molecule has 0 saturated heterocycles. The molecule has 1 aliphatic carbocycles. The van der Waals surface area contributed by atoms with Crippen LogP contribution in [0.4, 0.5) is 5.69 Å². The average Bonchev–Trinajstić information content (AvgIpc) is 3.18. The van der Waals surface area contributed by atoms with E-state index in [-0.39, 0.29) is 24.1 Å². The van der Waals surface area contributed by atoms with Crippen molar-refractivity contribution in [1.82, 2.24) is 15.1 Å². The Labute approximate surface area is 162 Å². The van der Waals surface area contributed by atoms with Gasteiger partial charge in [-0.25, -0.2) is 9.48 Å². The van der Waals surface area contributed by atoms with Crippen LogP contribution in [0.15, 0.2) is 36.5 Å². The Hall–Kier alpha value is -3.16. The van der Waals surface area contributed by atoms with Gasteiger partial charge in [0.2, 0.25) is 11.8 Å². The van der Waals surface area contributed by atoms with E-state index in [4.69, 9.17) is 5.11 Å². The maximum absolute atomic E-state index is 12.3. The first-order valence-corrected chi connectivity index (χ1v) is 9.48. The van der Waals surface area contributed by atoms with Crippen LogP contribution in [0.3, 0.4) is 0 Å². The highest BCUT2D eigenvalue weighted by atomic mass is 16.4. The number of aromatic nitrogens is 2. The number of para-hydroxylation sites is 2. The lowest BCUT2D eigenvalue weighted by Crippen LogP contribution is -2.34. The van der Waals surface area contributed by atoms with E-state index in [9.17, 15) is 14.4 Å². The highest BCUT2D eigenvalue weighted by Crippen LogP contribution is 2.26. The Bertz CT molecular complexity index is 855. The molecule has 2 aromatic rings. The van der Waals surface area contributed by atoms with Gasteiger partial charge < -0.3 is 15.7 Å². The minimum absolute atomic E-state index is 0.0869. The lowest BCUT2D eigenvalue weighted by atomic mass is 9.87. The van der Waals surface area contributed by atoms with Crippen LogP contribution in [-0.4, -0.2) is 39.2 Å². The Morgan fingerprint density at radius 1 is 1.07 bits per heavy atom. The molecular weight excluding hydrogens is 360 g/mol. The zero-order valence-electron chi connectivity index (χ0n) is 15.6. The number of rotatable bonds is 7. The summed E-state index contributed by atoms with van der Waals surface area (Å²) in [5.74, 6) is -1.16. The molecule has 0 unspecified atom stereocenters. The number of hydrogen-bond donors (Lipinski definition) is 3. The summed E-state index contributed by atoms with van der Waals surface area (Å²) in [5.41, 5.74) is 0.932. The molecule has 1 aliphatic rings. The van der Waals surface area contributed by atoms with Gasteiger partial charge in [-0.2, -0.15) is 5.10 Å². The van der Waals surface area contributed by atoms with Gasteiger partial charge in [0.25, 0.3) is 0 Å². The average molecular weight is 384 g/mol. The fourth-order valence-electron chi connectivity index (χ4n) is 3.45. The van der Waals surface area contributed by atoms with Crippen molar-refractivity contribution in [3.05, 3.63) is 42.2 Å². The Balaban J connectivity index is 1.56. The molecule has 0 aliphatic heterocycles. The van der Waals surface area contributed by atoms with Gasteiger partial charge in [-0.15, -0.1) is 0 Å². The minimum Gasteiger partial charge on any atom is -0.476 e. The number of benzene rings is 1. The van der Waals surface area contributed by atoms with Gasteiger partial charge >= 0.3 is 5.97 Å². The maximum atomic E-state index is 12.3. The molecule has 0 radical (unpaired) electrons. The number of carbonyl (C=O) groups excluding carboxylic acids is 2. The van der Waals surface area contributed by atoms with Gasteiger partial charge in [-0.3, -0.25) is 9.59 Å². The van der Waals surface area contributed by atoms with Gasteiger partial charge in [0.05, 0.1) is 17.9 Å². The zero-order valence-corrected chi connectivity index (χ0v) is 15.6. The molecule has 0 bridgehead atoms. The Morgan fingerprint density at radius 2 is 1.82 bits per heavy atom. The number of amides is 2. The fourth-order valence-corrected chi connectivity index (χ4v) is 3.45. The van der Waals surface area contributed by atoms with Crippen LogP contribution >= 0.6 is 0 Å². The number of anilines is 1. The second kappa shape index (κ2) is 9.16. The largest absolute Gasteiger partial charge is 0.476 e. The molecule has 28 heavy (non-hydrogen) atoms. The Morgan fingerprint density at radius 3 is 2.54 bits per heavy atom. The third kappa shape index (κ3) is 5.18. The third-order valence-electron chi connectivity index (χ3n) is 4.88. The molecule has 8 heteroatoms. The number of carbonyl (C=O) groups is 3. The number of carboxylic acids is 1. The highest BCUT2D eigenvalue weighted by Gasteiger charge is 2.18. The van der Waals surface area contributed by atoms with E-state index in [2.05, 4.69) is 15.7 Å². The van der Waals surface area contributed by atoms with Crippen LogP contribution in [-0.2, 0) is 9.59 Å². The summed E-state index contributed by atoms with van der Waals surface area (Å²) in [4.78, 5) is 35.3. The fraction of sp³-hybridized carbons (Fsp3) is 0.400. The van der Waals surface area contributed by atoms with Crippen molar-refractivity contribution >= 4 is 23.5 Å². The first-order chi connectivity index (χ1) is 13.5. The number of nitrogens with zero attached hydrogens (tertiary/aromatic N) is 2. The molecule has 1 saturated carbocycles. The van der Waals surface area contributed by atoms with Crippen LogP contribution in [0, 0.1) is 5.92 Å². The van der Waals surface area contributed by atoms with Crippen LogP contribution in [0.25, 0.3) is 5.69 Å². The molecule has 8 nitrogen and oxygen atoms in total. The Kier molecular flexibility index (Phi) is 6.41. The van der Waals surface area contributed by atoms with E-state index >= 15 is 0 Å². The number of nitrogens with one attached hydrogen (secondary N) is 2. The van der Waals surface area contributed by atoms with Crippen molar-refractivity contribution in [1.29, 1.82) is 0 Å². The third-order valence-corrected chi connectivity index (χ3v) is 4.88. The minimum atomic E-state index is -1.12. The van der Waals surface area contributed by atoms with E-state index in [1.807, 2.05) is 0 Å². The van der Waals surface area contributed by atoms with Gasteiger partial charge in [-0.1, -0.05) is 31.4 Å². The molecular formula is C20H24N4O4. The van der Waals surface area contributed by atoms with E-state index in [0.717, 1.165) is 12.8 Å². The van der Waals surface area contributed by atoms with E-state index in [0.29, 0.717) is 23.7 Å². The van der Waals surface area contributed by atoms with E-state index in [1.165, 1.54) is 36.2 Å². The summed E-state index contributed by atoms with van der Waals surface area (Å²) < 4.78 is 1.39. The molecule has 3 N–H and O–H groups in total. The first kappa shape index (κ1) is 19.6. The molecule has 1 heterocycles. The monoisotopic (exact) mass is 384 g/mol. The first-order valence-electron chi connectivity index (χ1n) is 9.48. The van der Waals surface area contributed by atoms with E-state index < -0.39 is 5.97 Å². The number of carboxylic acid groups (broad SMARTS) is 1. The molecule has 2 amide bonds. The van der Waals surface area contributed by atoms with Gasteiger partial charge in [-0.05, 0) is 37.0 Å². The summed E-state index contributed by atoms with van der Waals surface area (Å²) >= 11 is 0. The van der Waals surface area contributed by atoms with Gasteiger partial charge in [0.15, 0.2) is 5.69 Å². The quantitative estimate of drug-likeness (QED) is 0.679. The highest BCUT2D eigenvalue weighted by molar-refractivity contribution is 5.96. The van der Waals surface area contributed by atoms with Crippen LogP contribution in [0.5, 0.6) is 0 Å². The molecule has 1 aromatic carbocycles. The predicted octanol–water partition coefficient (Wildman–Crippen LogP) is 2.60. The normalized spacial score (nSPS) is 14.4. The zero-order chi connectivity index (χ0) is 19.9. The molecule has 0 atom stereocenters. The predicted molar refractivity (Wildman–Crippen MR) is 103 cm³/mol. The topological polar surface area (TPSA) is 113 Å². The molecule has 1 fully saturated rings. The molecule has 3 rings (SSSR count). The SMILES string of the molecule is O=C(CC1CCCCC1)NCC(=O)Nc1ccccc1-n1ccc(C(=O)O)n1. The van der Waals surface area contributed by atoms with Crippen molar-refractivity contribution in [2.24, 2.45) is 5.92 Å². The summed E-state index contributed by atoms with van der Waals surface area (Å²) in [6, 6.07) is 8.31. The standard InChI is InChI=1S/C20H24N4O4/c25-18(12-14-6-2-1-3-7-14)21-13-19(26)22-15-8-4-5-9-17(15)24-11-10-16(23-24)20(27)28/h4-5,8-11,14H,1-3,6-7,12-13H2,(H,21,25)(H,22,26)(H,27,28). The van der Waals surface area contributed by atoms with Crippen molar-refractivity contribution in [3.8, 4) is 5.69 Å². The van der Waals surface area contributed by atoms with E-state index in [1.54, 1.807) is 24.3 Å². The van der Waals surface area contributed by atoms with Gasteiger partial charge in [0, 0.05) is 12.6 Å². The summed E-state index contributed by atoms with van der Waals surface area (Å²) in [5, 5.41) is 18.4.